The van der Waals surface area contributed by atoms with Gasteiger partial charge in [-0.15, -0.1) is 0 Å². The Morgan fingerprint density at radius 1 is 1.21 bits per heavy atom. The summed E-state index contributed by atoms with van der Waals surface area (Å²) in [6, 6.07) is 0. The average molecular weight is 322 g/mol. The van der Waals surface area contributed by atoms with Gasteiger partial charge in [0.1, 0.15) is 0 Å². The standard InChI is InChI=1S/C22H26O2/c1-13-11-16-18-6-5-17(14(2)23)21(18,3)10-8-19(16)22(4)9-7-15(24)12-20(13)22/h5,7-9,12-13,16,18H,6,10-11H2,1-4H3/t13?,16-,18-,21+,22+/m0/s1. The van der Waals surface area contributed by atoms with Crippen molar-refractivity contribution in [2.24, 2.45) is 28.6 Å². The van der Waals surface area contributed by atoms with Crippen LogP contribution < -0.4 is 0 Å². The third kappa shape index (κ3) is 1.89. The molecule has 0 saturated heterocycles. The van der Waals surface area contributed by atoms with Gasteiger partial charge in [0.15, 0.2) is 11.6 Å². The second-order valence-corrected chi connectivity index (χ2v) is 8.58. The molecule has 0 heterocycles. The first kappa shape index (κ1) is 15.8. The molecule has 0 aromatic rings. The molecule has 5 atom stereocenters. The number of hydrogen-bond donors (Lipinski definition) is 0. The number of carbonyl (C=O) groups excluding carboxylic acids is 2. The van der Waals surface area contributed by atoms with Gasteiger partial charge in [0, 0.05) is 10.8 Å². The highest BCUT2D eigenvalue weighted by Crippen LogP contribution is 2.63. The molecule has 1 unspecified atom stereocenters. The Bertz CT molecular complexity index is 763. The fourth-order valence-corrected chi connectivity index (χ4v) is 6.05. The van der Waals surface area contributed by atoms with E-state index in [2.05, 4.69) is 39.0 Å². The van der Waals surface area contributed by atoms with Crippen molar-refractivity contribution in [2.45, 2.75) is 47.0 Å². The van der Waals surface area contributed by atoms with Crippen LogP contribution in [-0.4, -0.2) is 11.6 Å². The first-order valence-corrected chi connectivity index (χ1v) is 9.15. The zero-order chi connectivity index (χ0) is 17.3. The molecule has 2 heteroatoms. The van der Waals surface area contributed by atoms with Gasteiger partial charge in [0.2, 0.25) is 0 Å². The fraction of sp³-hybridized carbons (Fsp3) is 0.545. The summed E-state index contributed by atoms with van der Waals surface area (Å²) in [5, 5.41) is 0. The topological polar surface area (TPSA) is 34.1 Å². The monoisotopic (exact) mass is 322 g/mol. The number of carbonyl (C=O) groups is 2. The third-order valence-electron chi connectivity index (χ3n) is 7.24. The minimum Gasteiger partial charge on any atom is -0.295 e. The van der Waals surface area contributed by atoms with Crippen LogP contribution in [0.5, 0.6) is 0 Å². The van der Waals surface area contributed by atoms with Gasteiger partial charge in [0.05, 0.1) is 0 Å². The summed E-state index contributed by atoms with van der Waals surface area (Å²) in [5.74, 6) is 1.79. The maximum Gasteiger partial charge on any atom is 0.178 e. The van der Waals surface area contributed by atoms with Gasteiger partial charge in [0.25, 0.3) is 0 Å². The van der Waals surface area contributed by atoms with Crippen molar-refractivity contribution < 1.29 is 9.59 Å². The van der Waals surface area contributed by atoms with Crippen LogP contribution in [-0.2, 0) is 9.59 Å². The molecular formula is C22H26O2. The van der Waals surface area contributed by atoms with E-state index in [0.717, 1.165) is 24.8 Å². The molecule has 0 radical (unpaired) electrons. The van der Waals surface area contributed by atoms with Crippen LogP contribution in [0.4, 0.5) is 0 Å². The van der Waals surface area contributed by atoms with Gasteiger partial charge >= 0.3 is 0 Å². The van der Waals surface area contributed by atoms with E-state index in [1.165, 1.54) is 11.1 Å². The molecule has 24 heavy (non-hydrogen) atoms. The van der Waals surface area contributed by atoms with Gasteiger partial charge in [-0.1, -0.05) is 37.6 Å². The predicted molar refractivity (Wildman–Crippen MR) is 95.3 cm³/mol. The van der Waals surface area contributed by atoms with Gasteiger partial charge in [-0.05, 0) is 74.2 Å². The highest BCUT2D eigenvalue weighted by Gasteiger charge is 2.54. The Hall–Kier alpha value is -1.70. The molecule has 1 saturated carbocycles. The summed E-state index contributed by atoms with van der Waals surface area (Å²) in [5.41, 5.74) is 3.67. The van der Waals surface area contributed by atoms with Crippen molar-refractivity contribution in [1.82, 2.24) is 0 Å². The Morgan fingerprint density at radius 3 is 2.67 bits per heavy atom. The molecule has 0 aliphatic heterocycles. The normalized spacial score (nSPS) is 43.2. The lowest BCUT2D eigenvalue weighted by Crippen LogP contribution is -2.45. The number of Topliss-reactive ketones (excluding diaryl/α,β-unsaturated/α-hetero) is 1. The maximum absolute atomic E-state index is 12.1. The summed E-state index contributed by atoms with van der Waals surface area (Å²) in [6.45, 7) is 8.52. The highest BCUT2D eigenvalue weighted by atomic mass is 16.1. The lowest BCUT2D eigenvalue weighted by Gasteiger charge is -2.53. The maximum atomic E-state index is 12.1. The van der Waals surface area contributed by atoms with Gasteiger partial charge in [-0.3, -0.25) is 9.59 Å². The van der Waals surface area contributed by atoms with Crippen molar-refractivity contribution in [3.63, 3.8) is 0 Å². The SMILES string of the molecule is CC(=O)C1=CC[C@H]2[C@@H]3CC(C)C4=CC(=O)C=C[C@]4(C)C3=CC[C@]12C. The van der Waals surface area contributed by atoms with Gasteiger partial charge < -0.3 is 0 Å². The molecule has 4 aliphatic carbocycles. The molecule has 126 valence electrons. The Morgan fingerprint density at radius 2 is 1.96 bits per heavy atom. The smallest absolute Gasteiger partial charge is 0.178 e. The molecule has 4 aliphatic rings. The van der Waals surface area contributed by atoms with E-state index < -0.39 is 0 Å². The summed E-state index contributed by atoms with van der Waals surface area (Å²) in [6.07, 6.45) is 13.4. The molecule has 0 bridgehead atoms. The first-order valence-electron chi connectivity index (χ1n) is 9.15. The number of ketones is 2. The molecule has 1 fully saturated rings. The van der Waals surface area contributed by atoms with E-state index in [-0.39, 0.29) is 22.4 Å². The molecule has 0 aromatic heterocycles. The van der Waals surface area contributed by atoms with E-state index in [1.54, 1.807) is 13.0 Å². The molecule has 0 aromatic carbocycles. The van der Waals surface area contributed by atoms with Crippen LogP contribution in [0.25, 0.3) is 0 Å². The molecule has 4 rings (SSSR count). The van der Waals surface area contributed by atoms with Crippen LogP contribution in [0.1, 0.15) is 47.0 Å². The molecular weight excluding hydrogens is 296 g/mol. The second-order valence-electron chi connectivity index (χ2n) is 8.58. The first-order chi connectivity index (χ1) is 11.3. The Kier molecular flexibility index (Phi) is 3.23. The zero-order valence-electron chi connectivity index (χ0n) is 15.1. The molecule has 0 amide bonds. The summed E-state index contributed by atoms with van der Waals surface area (Å²) >= 11 is 0. The van der Waals surface area contributed by atoms with Crippen LogP contribution in [0.15, 0.2) is 47.1 Å². The van der Waals surface area contributed by atoms with Crippen molar-refractivity contribution in [1.29, 1.82) is 0 Å². The molecule has 0 spiro atoms. The average Bonchev–Trinajstić information content (AvgIpc) is 2.87. The van der Waals surface area contributed by atoms with Crippen LogP contribution in [0.3, 0.4) is 0 Å². The lowest BCUT2D eigenvalue weighted by atomic mass is 9.50. The van der Waals surface area contributed by atoms with Gasteiger partial charge in [-0.2, -0.15) is 0 Å². The fourth-order valence-electron chi connectivity index (χ4n) is 6.05. The van der Waals surface area contributed by atoms with Gasteiger partial charge in [-0.25, -0.2) is 0 Å². The second kappa shape index (κ2) is 4.91. The number of allylic oxidation sites excluding steroid dienone is 8. The summed E-state index contributed by atoms with van der Waals surface area (Å²) < 4.78 is 0. The Labute approximate surface area is 144 Å². The van der Waals surface area contributed by atoms with Crippen molar-refractivity contribution >= 4 is 11.6 Å². The molecule has 0 N–H and O–H groups in total. The van der Waals surface area contributed by atoms with E-state index in [0.29, 0.717) is 17.8 Å². The minimum absolute atomic E-state index is 0.00843. The third-order valence-corrected chi connectivity index (χ3v) is 7.24. The predicted octanol–water partition coefficient (Wildman–Crippen LogP) is 4.59. The van der Waals surface area contributed by atoms with Crippen molar-refractivity contribution in [3.05, 3.63) is 47.1 Å². The Balaban J connectivity index is 1.80. The van der Waals surface area contributed by atoms with E-state index >= 15 is 0 Å². The summed E-state index contributed by atoms with van der Waals surface area (Å²) in [7, 11) is 0. The van der Waals surface area contributed by atoms with Crippen molar-refractivity contribution in [2.75, 3.05) is 0 Å². The summed E-state index contributed by atoms with van der Waals surface area (Å²) in [4.78, 5) is 24.0. The number of hydrogen-bond acceptors (Lipinski definition) is 2. The quantitative estimate of drug-likeness (QED) is 0.662. The van der Waals surface area contributed by atoms with E-state index in [1.807, 2.05) is 6.08 Å². The highest BCUT2D eigenvalue weighted by molar-refractivity contribution is 6.01. The van der Waals surface area contributed by atoms with Crippen LogP contribution in [0, 0.1) is 28.6 Å². The largest absolute Gasteiger partial charge is 0.295 e. The van der Waals surface area contributed by atoms with Crippen molar-refractivity contribution in [3.8, 4) is 0 Å². The number of rotatable bonds is 1. The van der Waals surface area contributed by atoms with Crippen LogP contribution in [0.2, 0.25) is 0 Å². The minimum atomic E-state index is -0.115. The zero-order valence-corrected chi connectivity index (χ0v) is 15.1. The molecule has 2 nitrogen and oxygen atoms in total. The van der Waals surface area contributed by atoms with E-state index in [9.17, 15) is 9.59 Å². The van der Waals surface area contributed by atoms with E-state index in [4.69, 9.17) is 0 Å². The number of fused-ring (bicyclic) bond motifs is 5. The lowest BCUT2D eigenvalue weighted by molar-refractivity contribution is -0.115. The van der Waals surface area contributed by atoms with Crippen LogP contribution >= 0.6 is 0 Å².